The Hall–Kier alpha value is -6.23. The second-order valence-corrected chi connectivity index (χ2v) is 16.3. The molecule has 3 heterocycles. The summed E-state index contributed by atoms with van der Waals surface area (Å²) >= 11 is 1.57. The summed E-state index contributed by atoms with van der Waals surface area (Å²) in [6, 6.07) is 22.2. The fourth-order valence-corrected chi connectivity index (χ4v) is 7.52. The molecule has 1 aliphatic rings. The summed E-state index contributed by atoms with van der Waals surface area (Å²) < 4.78 is 10.8. The van der Waals surface area contributed by atoms with Crippen molar-refractivity contribution >= 4 is 46.5 Å². The number of rotatable bonds is 16. The average molecular weight is 835 g/mol. The van der Waals surface area contributed by atoms with Gasteiger partial charge >= 0.3 is 0 Å². The molecule has 0 unspecified atom stereocenters. The van der Waals surface area contributed by atoms with Crippen LogP contribution in [0.15, 0.2) is 90.7 Å². The zero-order chi connectivity index (χ0) is 42.8. The molecule has 15 nitrogen and oxygen atoms in total. The van der Waals surface area contributed by atoms with Crippen LogP contribution < -0.4 is 26.0 Å². The molecule has 0 radical (unpaired) electrons. The standard InChI is InChI=1S/C44H50N8O7S/c1-27-39(60-26-49-27)29-11-9-28(10-12-29)22-46-42(56)36-20-33(53)23-52(36)43(57)40(44(2,3)4)51-38(54)24-59-18-17-45-41(55)31-8-6-7-30(19-31)35-21-37(48-25-47-35)50-32-13-15-34(58-5)16-14-32/h6-16,19,21,25-26,33,36,40,53H,17-18,20,22-24H2,1-5H3,(H,45,55)(H,46,56)(H,51,54)(H,47,48,50)/t33-,36+,40-/m1/s1. The number of hydrogen-bond donors (Lipinski definition) is 5. The predicted molar refractivity (Wildman–Crippen MR) is 229 cm³/mol. The van der Waals surface area contributed by atoms with Crippen molar-refractivity contribution < 1.29 is 33.8 Å². The van der Waals surface area contributed by atoms with E-state index in [1.165, 1.54) is 11.2 Å². The van der Waals surface area contributed by atoms with Crippen LogP contribution in [0.2, 0.25) is 0 Å². The van der Waals surface area contributed by atoms with Crippen LogP contribution in [0.1, 0.15) is 48.8 Å². The molecule has 0 spiro atoms. The van der Waals surface area contributed by atoms with Gasteiger partial charge in [-0.05, 0) is 59.9 Å². The van der Waals surface area contributed by atoms with Gasteiger partial charge in [-0.1, -0.05) is 57.2 Å². The molecule has 1 aliphatic heterocycles. The zero-order valence-corrected chi connectivity index (χ0v) is 35.0. The summed E-state index contributed by atoms with van der Waals surface area (Å²) in [5.41, 5.74) is 6.53. The van der Waals surface area contributed by atoms with Gasteiger partial charge in [0.25, 0.3) is 5.91 Å². The number of thiazole rings is 1. The van der Waals surface area contributed by atoms with E-state index < -0.39 is 35.4 Å². The van der Waals surface area contributed by atoms with Crippen molar-refractivity contribution in [3.05, 3.63) is 108 Å². The Morgan fingerprint density at radius 3 is 2.42 bits per heavy atom. The van der Waals surface area contributed by atoms with Crippen LogP contribution in [-0.4, -0.2) is 100 Å². The number of nitrogens with one attached hydrogen (secondary N) is 4. The highest BCUT2D eigenvalue weighted by atomic mass is 32.1. The lowest BCUT2D eigenvalue weighted by Gasteiger charge is -2.35. The lowest BCUT2D eigenvalue weighted by molar-refractivity contribution is -0.144. The number of methoxy groups -OCH3 is 1. The first kappa shape index (κ1) is 43.4. The Kier molecular flexibility index (Phi) is 14.2. The molecule has 4 amide bonds. The SMILES string of the molecule is COc1ccc(Nc2cc(-c3cccc(C(=O)NCCOCC(=O)N[C@H](C(=O)N4C[C@H](O)C[C@H]4C(=O)NCc4ccc(-c5scnc5C)cc4)C(C)(C)C)c3)ncn2)cc1. The van der Waals surface area contributed by atoms with E-state index in [4.69, 9.17) is 9.47 Å². The number of aliphatic hydroxyl groups is 1. The number of likely N-dealkylation sites (tertiary alicyclic amines) is 1. The van der Waals surface area contributed by atoms with Crippen LogP contribution in [0, 0.1) is 12.3 Å². The summed E-state index contributed by atoms with van der Waals surface area (Å²) in [6.45, 7) is 7.39. The van der Waals surface area contributed by atoms with Gasteiger partial charge in [-0.2, -0.15) is 0 Å². The maximum Gasteiger partial charge on any atom is 0.251 e. The van der Waals surface area contributed by atoms with Gasteiger partial charge in [0.15, 0.2) is 0 Å². The number of aliphatic hydroxyl groups excluding tert-OH is 1. The fourth-order valence-electron chi connectivity index (χ4n) is 6.71. The van der Waals surface area contributed by atoms with Gasteiger partial charge in [0.05, 0.1) is 41.6 Å². The van der Waals surface area contributed by atoms with Crippen LogP contribution in [0.3, 0.4) is 0 Å². The molecule has 314 valence electrons. The van der Waals surface area contributed by atoms with Gasteiger partial charge in [0, 0.05) is 48.9 Å². The van der Waals surface area contributed by atoms with Gasteiger partial charge in [-0.15, -0.1) is 11.3 Å². The van der Waals surface area contributed by atoms with Crippen molar-refractivity contribution in [2.75, 3.05) is 38.7 Å². The number of aryl methyl sites for hydroxylation is 1. The van der Waals surface area contributed by atoms with E-state index in [9.17, 15) is 24.3 Å². The average Bonchev–Trinajstić information content (AvgIpc) is 3.86. The molecule has 5 aromatic rings. The number of benzene rings is 3. The van der Waals surface area contributed by atoms with Crippen molar-refractivity contribution in [2.45, 2.75) is 58.8 Å². The highest BCUT2D eigenvalue weighted by Crippen LogP contribution is 2.29. The molecular weight excluding hydrogens is 785 g/mol. The number of nitrogens with zero attached hydrogens (tertiary/aromatic N) is 4. The Labute approximate surface area is 353 Å². The van der Waals surface area contributed by atoms with Crippen LogP contribution in [-0.2, 0) is 25.7 Å². The molecule has 6 rings (SSSR count). The number of carbonyl (C=O) groups excluding carboxylic acids is 4. The Balaban J connectivity index is 0.963. The first-order chi connectivity index (χ1) is 28.8. The molecule has 2 aromatic heterocycles. The molecule has 3 atom stereocenters. The number of carbonyl (C=O) groups is 4. The number of β-amino-alcohol motifs (C(OH)–C–C–N with tert-alkyl or cyclic N) is 1. The summed E-state index contributed by atoms with van der Waals surface area (Å²) in [5.74, 6) is -0.411. The van der Waals surface area contributed by atoms with E-state index in [2.05, 4.69) is 36.2 Å². The molecule has 1 saturated heterocycles. The largest absolute Gasteiger partial charge is 0.497 e. The molecule has 0 bridgehead atoms. The van der Waals surface area contributed by atoms with Crippen LogP contribution >= 0.6 is 11.3 Å². The highest BCUT2D eigenvalue weighted by Gasteiger charge is 2.44. The van der Waals surface area contributed by atoms with Crippen molar-refractivity contribution in [3.63, 3.8) is 0 Å². The maximum atomic E-state index is 14.0. The van der Waals surface area contributed by atoms with E-state index in [0.29, 0.717) is 17.1 Å². The topological polar surface area (TPSA) is 197 Å². The third-order valence-electron chi connectivity index (χ3n) is 9.93. The smallest absolute Gasteiger partial charge is 0.251 e. The normalized spacial score (nSPS) is 15.5. The van der Waals surface area contributed by atoms with Crippen molar-refractivity contribution in [3.8, 4) is 27.4 Å². The van der Waals surface area contributed by atoms with Gasteiger partial charge in [0.1, 0.15) is 36.6 Å². The second kappa shape index (κ2) is 19.7. The number of aromatic nitrogens is 3. The minimum atomic E-state index is -1.01. The zero-order valence-electron chi connectivity index (χ0n) is 34.2. The van der Waals surface area contributed by atoms with E-state index >= 15 is 0 Å². The lowest BCUT2D eigenvalue weighted by atomic mass is 9.85. The Bertz CT molecular complexity index is 2280. The fraction of sp³-hybridized carbons (Fsp3) is 0.341. The molecule has 60 heavy (non-hydrogen) atoms. The van der Waals surface area contributed by atoms with Gasteiger partial charge in [-0.25, -0.2) is 15.0 Å². The first-order valence-corrected chi connectivity index (χ1v) is 20.4. The van der Waals surface area contributed by atoms with E-state index in [0.717, 1.165) is 38.7 Å². The van der Waals surface area contributed by atoms with E-state index in [-0.39, 0.29) is 51.1 Å². The Morgan fingerprint density at radius 2 is 1.72 bits per heavy atom. The minimum absolute atomic E-state index is 0.0352. The molecule has 1 fully saturated rings. The van der Waals surface area contributed by atoms with Crippen LogP contribution in [0.25, 0.3) is 21.7 Å². The number of anilines is 2. The van der Waals surface area contributed by atoms with Crippen molar-refractivity contribution in [1.29, 1.82) is 0 Å². The van der Waals surface area contributed by atoms with E-state index in [1.807, 2.05) is 82.3 Å². The van der Waals surface area contributed by atoms with E-state index in [1.54, 1.807) is 48.2 Å². The monoisotopic (exact) mass is 834 g/mol. The van der Waals surface area contributed by atoms with Crippen LogP contribution in [0.5, 0.6) is 5.75 Å². The summed E-state index contributed by atoms with van der Waals surface area (Å²) in [7, 11) is 1.61. The second-order valence-electron chi connectivity index (χ2n) is 15.5. The van der Waals surface area contributed by atoms with Crippen molar-refractivity contribution in [1.82, 2.24) is 35.8 Å². The molecular formula is C44H50N8O7S. The molecule has 16 heteroatoms. The number of ether oxygens (including phenoxy) is 2. The minimum Gasteiger partial charge on any atom is -0.497 e. The van der Waals surface area contributed by atoms with Crippen molar-refractivity contribution in [2.24, 2.45) is 5.41 Å². The third kappa shape index (κ3) is 11.3. The van der Waals surface area contributed by atoms with Gasteiger partial charge < -0.3 is 40.7 Å². The molecule has 0 saturated carbocycles. The Morgan fingerprint density at radius 1 is 0.950 bits per heavy atom. The molecule has 0 aliphatic carbocycles. The highest BCUT2D eigenvalue weighted by molar-refractivity contribution is 7.13. The summed E-state index contributed by atoms with van der Waals surface area (Å²) in [6.07, 6.45) is 0.633. The first-order valence-electron chi connectivity index (χ1n) is 19.5. The maximum absolute atomic E-state index is 14.0. The third-order valence-corrected chi connectivity index (χ3v) is 10.9. The molecule has 5 N–H and O–H groups in total. The molecule has 3 aromatic carbocycles. The van der Waals surface area contributed by atoms with Gasteiger partial charge in [-0.3, -0.25) is 19.2 Å². The lowest BCUT2D eigenvalue weighted by Crippen LogP contribution is -2.58. The van der Waals surface area contributed by atoms with Gasteiger partial charge in [0.2, 0.25) is 17.7 Å². The van der Waals surface area contributed by atoms with Crippen LogP contribution in [0.4, 0.5) is 11.5 Å². The summed E-state index contributed by atoms with van der Waals surface area (Å²) in [4.78, 5) is 68.9. The number of amides is 4. The summed E-state index contributed by atoms with van der Waals surface area (Å²) in [5, 5.41) is 22.3. The quantitative estimate of drug-likeness (QED) is 0.0850. The predicted octanol–water partition coefficient (Wildman–Crippen LogP) is 4.88. The number of hydrogen-bond acceptors (Lipinski definition) is 12.